The van der Waals surface area contributed by atoms with Gasteiger partial charge in [-0.15, -0.1) is 0 Å². The maximum absolute atomic E-state index is 11.7. The van der Waals surface area contributed by atoms with Crippen LogP contribution < -0.4 is 0 Å². The smallest absolute Gasteiger partial charge is 0.337 e. The maximum Gasteiger partial charge on any atom is 0.337 e. The number of methoxy groups -OCH3 is 1. The van der Waals surface area contributed by atoms with Gasteiger partial charge in [0.15, 0.2) is 5.78 Å². The number of esters is 1. The number of furan rings is 1. The molecule has 0 atom stereocenters. The number of hydrogen-bond donors (Lipinski definition) is 0. The van der Waals surface area contributed by atoms with Crippen LogP contribution in [0.15, 0.2) is 34.7 Å². The van der Waals surface area contributed by atoms with E-state index in [2.05, 4.69) is 20.8 Å². The first-order chi connectivity index (χ1) is 11.6. The van der Waals surface area contributed by atoms with E-state index in [1.165, 1.54) is 14.0 Å². The molecule has 0 aliphatic heterocycles. The van der Waals surface area contributed by atoms with Crippen molar-refractivity contribution >= 4 is 23.4 Å². The molecule has 0 fully saturated rings. The van der Waals surface area contributed by atoms with Gasteiger partial charge in [-0.3, -0.25) is 4.79 Å². The number of Topliss-reactive ketones (excluding diaryl/α,β-unsaturated/α-hetero) is 1. The zero-order chi connectivity index (χ0) is 18.8. The largest absolute Gasteiger partial charge is 0.465 e. The summed E-state index contributed by atoms with van der Waals surface area (Å²) in [6, 6.07) is 8.98. The van der Waals surface area contributed by atoms with Crippen molar-refractivity contribution in [2.45, 2.75) is 34.6 Å². The van der Waals surface area contributed by atoms with Crippen LogP contribution in [0.4, 0.5) is 0 Å². The molecule has 4 nitrogen and oxygen atoms in total. The van der Waals surface area contributed by atoms with Crippen LogP contribution in [0.3, 0.4) is 0 Å². The molecule has 0 spiro atoms. The molecule has 0 aliphatic rings. The molecule has 25 heavy (non-hydrogen) atoms. The molecule has 1 heterocycles. The van der Waals surface area contributed by atoms with E-state index in [1.54, 1.807) is 25.1 Å². The topological polar surface area (TPSA) is 56.5 Å². The maximum atomic E-state index is 11.7. The molecule has 0 saturated heterocycles. The minimum absolute atomic E-state index is 0.0109. The summed E-state index contributed by atoms with van der Waals surface area (Å²) in [6.07, 6.45) is 2.02. The average molecular weight is 340 g/mol. The molecular formula is C21H24O4. The molecule has 0 bridgehead atoms. The average Bonchev–Trinajstić information content (AvgIpc) is 2.93. The first-order valence-electron chi connectivity index (χ1n) is 8.15. The molecule has 0 unspecified atom stereocenters. The monoisotopic (exact) mass is 340 g/mol. The summed E-state index contributed by atoms with van der Waals surface area (Å²) >= 11 is 0. The Morgan fingerprint density at radius 3 is 2.16 bits per heavy atom. The first kappa shape index (κ1) is 18.7. The number of benzene rings is 1. The third kappa shape index (κ3) is 4.27. The van der Waals surface area contributed by atoms with Crippen molar-refractivity contribution in [2.24, 2.45) is 5.41 Å². The van der Waals surface area contributed by atoms with E-state index in [-0.39, 0.29) is 17.2 Å². The van der Waals surface area contributed by atoms with Crippen LogP contribution in [0.2, 0.25) is 0 Å². The van der Waals surface area contributed by atoms with E-state index in [9.17, 15) is 9.59 Å². The van der Waals surface area contributed by atoms with Gasteiger partial charge >= 0.3 is 5.97 Å². The van der Waals surface area contributed by atoms with Crippen LogP contribution in [0, 0.1) is 12.3 Å². The van der Waals surface area contributed by atoms with Crippen LogP contribution in [0.1, 0.15) is 65.5 Å². The van der Waals surface area contributed by atoms with Crippen LogP contribution >= 0.6 is 0 Å². The number of allylic oxidation sites excluding steroid dienone is 1. The van der Waals surface area contributed by atoms with Gasteiger partial charge in [0, 0.05) is 5.57 Å². The molecular weight excluding hydrogens is 316 g/mol. The molecule has 0 saturated carbocycles. The number of ketones is 1. The summed E-state index contributed by atoms with van der Waals surface area (Å²) in [7, 11) is 1.36. The lowest BCUT2D eigenvalue weighted by atomic mass is 9.83. The fourth-order valence-corrected chi connectivity index (χ4v) is 2.62. The van der Waals surface area contributed by atoms with Crippen LogP contribution in [0.5, 0.6) is 0 Å². The molecule has 4 heteroatoms. The fraction of sp³-hybridized carbons (Fsp3) is 0.333. The lowest BCUT2D eigenvalue weighted by Gasteiger charge is -2.21. The highest BCUT2D eigenvalue weighted by Crippen LogP contribution is 2.37. The predicted octanol–water partition coefficient (Wildman–Crippen LogP) is 5.16. The first-order valence-corrected chi connectivity index (χ1v) is 8.15. The van der Waals surface area contributed by atoms with E-state index in [1.807, 2.05) is 18.2 Å². The number of ether oxygens (including phenoxy) is 1. The highest BCUT2D eigenvalue weighted by Gasteiger charge is 2.24. The fourth-order valence-electron chi connectivity index (χ4n) is 2.62. The van der Waals surface area contributed by atoms with Crippen molar-refractivity contribution in [3.05, 3.63) is 58.5 Å². The summed E-state index contributed by atoms with van der Waals surface area (Å²) in [6.45, 7) is 9.60. The number of rotatable bonds is 4. The highest BCUT2D eigenvalue weighted by atomic mass is 16.5. The number of aryl methyl sites for hydroxylation is 1. The molecule has 132 valence electrons. The molecule has 1 aromatic heterocycles. The summed E-state index contributed by atoms with van der Waals surface area (Å²) in [5, 5.41) is 0. The quantitative estimate of drug-likeness (QED) is 0.569. The van der Waals surface area contributed by atoms with E-state index in [0.717, 1.165) is 11.1 Å². The molecule has 0 aliphatic carbocycles. The van der Waals surface area contributed by atoms with E-state index in [0.29, 0.717) is 22.6 Å². The minimum atomic E-state index is -0.362. The predicted molar refractivity (Wildman–Crippen MR) is 98.6 cm³/mol. The summed E-state index contributed by atoms with van der Waals surface area (Å²) in [5.41, 5.74) is 2.85. The van der Waals surface area contributed by atoms with Crippen molar-refractivity contribution in [3.63, 3.8) is 0 Å². The van der Waals surface area contributed by atoms with Crippen molar-refractivity contribution in [3.8, 4) is 0 Å². The summed E-state index contributed by atoms with van der Waals surface area (Å²) < 4.78 is 10.6. The number of carbonyl (C=O) groups is 2. The van der Waals surface area contributed by atoms with Gasteiger partial charge in [-0.05, 0) is 49.1 Å². The second kappa shape index (κ2) is 7.09. The van der Waals surface area contributed by atoms with Crippen molar-refractivity contribution in [1.29, 1.82) is 0 Å². The zero-order valence-electron chi connectivity index (χ0n) is 15.6. The van der Waals surface area contributed by atoms with Gasteiger partial charge in [0.25, 0.3) is 0 Å². The number of hydrogen-bond acceptors (Lipinski definition) is 4. The zero-order valence-corrected chi connectivity index (χ0v) is 15.6. The third-order valence-corrected chi connectivity index (χ3v) is 4.01. The Morgan fingerprint density at radius 1 is 1.12 bits per heavy atom. The van der Waals surface area contributed by atoms with E-state index >= 15 is 0 Å². The van der Waals surface area contributed by atoms with Crippen molar-refractivity contribution in [2.75, 3.05) is 7.11 Å². The van der Waals surface area contributed by atoms with Crippen molar-refractivity contribution < 1.29 is 18.7 Å². The van der Waals surface area contributed by atoms with Crippen LogP contribution in [-0.2, 0) is 4.74 Å². The molecule has 0 amide bonds. The lowest BCUT2D eigenvalue weighted by Crippen LogP contribution is -2.08. The van der Waals surface area contributed by atoms with Crippen LogP contribution in [0.25, 0.3) is 11.6 Å². The molecule has 2 rings (SSSR count). The van der Waals surface area contributed by atoms with Gasteiger partial charge in [0.2, 0.25) is 0 Å². The summed E-state index contributed by atoms with van der Waals surface area (Å²) in [4.78, 5) is 23.3. The van der Waals surface area contributed by atoms with Gasteiger partial charge in [0.1, 0.15) is 11.5 Å². The number of carbonyl (C=O) groups excluding carboxylic acids is 2. The third-order valence-electron chi connectivity index (χ3n) is 4.01. The van der Waals surface area contributed by atoms with E-state index < -0.39 is 0 Å². The Bertz CT molecular complexity index is 815. The Hall–Kier alpha value is -2.62. The van der Waals surface area contributed by atoms with Gasteiger partial charge in [0.05, 0.1) is 18.2 Å². The Morgan fingerprint density at radius 2 is 1.72 bits per heavy atom. The molecule has 0 N–H and O–H groups in total. The molecule has 0 radical (unpaired) electrons. The normalized spacial score (nSPS) is 12.2. The Kier molecular flexibility index (Phi) is 5.31. The van der Waals surface area contributed by atoms with E-state index in [4.69, 9.17) is 9.15 Å². The van der Waals surface area contributed by atoms with Gasteiger partial charge < -0.3 is 9.15 Å². The van der Waals surface area contributed by atoms with Gasteiger partial charge in [-0.1, -0.05) is 32.9 Å². The second-order valence-electron chi connectivity index (χ2n) is 7.06. The van der Waals surface area contributed by atoms with Gasteiger partial charge in [-0.25, -0.2) is 4.79 Å². The standard InChI is InChI=1S/C21H24O4/c1-13(22)17-12-19(25-14(17)2)18(21(3,4)5)11-15-7-9-16(10-8-15)20(23)24-6/h7-12H,1-6H3/b18-11+. The highest BCUT2D eigenvalue weighted by molar-refractivity contribution is 5.96. The molecule has 2 aromatic rings. The van der Waals surface area contributed by atoms with Crippen molar-refractivity contribution in [1.82, 2.24) is 0 Å². The second-order valence-corrected chi connectivity index (χ2v) is 7.06. The molecule has 1 aromatic carbocycles. The van der Waals surface area contributed by atoms with Gasteiger partial charge in [-0.2, -0.15) is 0 Å². The van der Waals surface area contributed by atoms with Crippen LogP contribution in [-0.4, -0.2) is 18.9 Å². The SMILES string of the molecule is COC(=O)c1ccc(/C=C(\c2cc(C(C)=O)c(C)o2)C(C)(C)C)cc1. The summed E-state index contributed by atoms with van der Waals surface area (Å²) in [5.74, 6) is 0.938. The Labute approximate surface area is 148 Å². The lowest BCUT2D eigenvalue weighted by molar-refractivity contribution is 0.0600. The Balaban J connectivity index is 2.48. The minimum Gasteiger partial charge on any atom is -0.465 e.